The molecule has 112 valence electrons. The van der Waals surface area contributed by atoms with E-state index >= 15 is 0 Å². The molecule has 0 amide bonds. The van der Waals surface area contributed by atoms with Gasteiger partial charge in [0.25, 0.3) is 0 Å². The number of hydrogen-bond donors (Lipinski definition) is 2. The molecule has 0 bridgehead atoms. The van der Waals surface area contributed by atoms with Gasteiger partial charge in [0.15, 0.2) is 11.6 Å². The Hall–Kier alpha value is -2.30. The molecule has 1 aromatic heterocycles. The Morgan fingerprint density at radius 3 is 2.86 bits per heavy atom. The third kappa shape index (κ3) is 3.62. The Morgan fingerprint density at radius 1 is 1.33 bits per heavy atom. The Kier molecular flexibility index (Phi) is 4.98. The molecule has 0 saturated heterocycles. The maximum atomic E-state index is 13.7. The lowest BCUT2D eigenvalue weighted by Gasteiger charge is -2.13. The Labute approximate surface area is 124 Å². The second kappa shape index (κ2) is 6.92. The highest BCUT2D eigenvalue weighted by Gasteiger charge is 2.09. The van der Waals surface area contributed by atoms with Gasteiger partial charge in [0.2, 0.25) is 0 Å². The number of hydrogen-bond acceptors (Lipinski definition) is 4. The number of rotatable bonds is 6. The minimum absolute atomic E-state index is 0.200. The molecule has 0 aliphatic rings. The van der Waals surface area contributed by atoms with E-state index in [1.54, 1.807) is 12.3 Å². The molecule has 0 aliphatic heterocycles. The van der Waals surface area contributed by atoms with E-state index in [0.29, 0.717) is 24.5 Å². The third-order valence-corrected chi connectivity index (χ3v) is 3.22. The predicted molar refractivity (Wildman–Crippen MR) is 82.9 cm³/mol. The number of nitrogens with one attached hydrogen (secondary N) is 1. The van der Waals surface area contributed by atoms with Crippen LogP contribution >= 0.6 is 0 Å². The summed E-state index contributed by atoms with van der Waals surface area (Å²) < 4.78 is 18.9. The van der Waals surface area contributed by atoms with Crippen molar-refractivity contribution in [3.05, 3.63) is 47.5 Å². The maximum absolute atomic E-state index is 13.7. The van der Waals surface area contributed by atoms with E-state index in [1.165, 1.54) is 11.6 Å². The molecule has 1 heterocycles. The van der Waals surface area contributed by atoms with Gasteiger partial charge in [-0.3, -0.25) is 4.98 Å². The fraction of sp³-hybridized carbons (Fsp3) is 0.312. The topological polar surface area (TPSA) is 60.2 Å². The molecule has 1 aromatic carbocycles. The summed E-state index contributed by atoms with van der Waals surface area (Å²) >= 11 is 0. The number of benzene rings is 1. The zero-order valence-corrected chi connectivity index (χ0v) is 12.3. The van der Waals surface area contributed by atoms with E-state index in [1.807, 2.05) is 19.1 Å². The van der Waals surface area contributed by atoms with Crippen molar-refractivity contribution in [1.82, 2.24) is 4.98 Å². The van der Waals surface area contributed by atoms with E-state index in [9.17, 15) is 4.39 Å². The smallest absolute Gasteiger partial charge is 0.167 e. The molecule has 3 N–H and O–H groups in total. The van der Waals surface area contributed by atoms with Crippen LogP contribution in [0.5, 0.6) is 5.75 Å². The van der Waals surface area contributed by atoms with Crippen LogP contribution in [-0.4, -0.2) is 11.6 Å². The van der Waals surface area contributed by atoms with Gasteiger partial charge in [-0.15, -0.1) is 0 Å². The van der Waals surface area contributed by atoms with Crippen molar-refractivity contribution in [2.24, 2.45) is 0 Å². The molecule has 0 radical (unpaired) electrons. The molecule has 0 atom stereocenters. The molecule has 5 heteroatoms. The van der Waals surface area contributed by atoms with Gasteiger partial charge in [0.05, 0.1) is 30.2 Å². The van der Waals surface area contributed by atoms with E-state index in [0.717, 1.165) is 12.1 Å². The maximum Gasteiger partial charge on any atom is 0.167 e. The van der Waals surface area contributed by atoms with Gasteiger partial charge in [-0.25, -0.2) is 4.39 Å². The monoisotopic (exact) mass is 289 g/mol. The van der Waals surface area contributed by atoms with Crippen LogP contribution < -0.4 is 15.8 Å². The fourth-order valence-corrected chi connectivity index (χ4v) is 2.12. The zero-order chi connectivity index (χ0) is 15.2. The first-order chi connectivity index (χ1) is 10.2. The highest BCUT2D eigenvalue weighted by molar-refractivity contribution is 5.68. The van der Waals surface area contributed by atoms with Crippen molar-refractivity contribution in [1.29, 1.82) is 0 Å². The van der Waals surface area contributed by atoms with Crippen LogP contribution in [0.4, 0.5) is 15.8 Å². The van der Waals surface area contributed by atoms with Crippen LogP contribution in [0.3, 0.4) is 0 Å². The van der Waals surface area contributed by atoms with Crippen molar-refractivity contribution in [2.45, 2.75) is 26.8 Å². The number of aryl methyl sites for hydroxylation is 1. The van der Waals surface area contributed by atoms with E-state index in [-0.39, 0.29) is 5.75 Å². The highest BCUT2D eigenvalue weighted by Crippen LogP contribution is 2.28. The minimum Gasteiger partial charge on any atom is -0.491 e. The lowest BCUT2D eigenvalue weighted by atomic mass is 10.1. The number of halogens is 1. The summed E-state index contributed by atoms with van der Waals surface area (Å²) in [5.41, 5.74) is 8.98. The van der Waals surface area contributed by atoms with Crippen LogP contribution in [0.25, 0.3) is 0 Å². The summed E-state index contributed by atoms with van der Waals surface area (Å²) in [5, 5.41) is 3.20. The molecule has 0 spiro atoms. The molecule has 0 unspecified atom stereocenters. The first-order valence-electron chi connectivity index (χ1n) is 7.04. The molecule has 0 saturated carbocycles. The van der Waals surface area contributed by atoms with Crippen LogP contribution in [0.2, 0.25) is 0 Å². The van der Waals surface area contributed by atoms with Gasteiger partial charge in [-0.1, -0.05) is 13.0 Å². The quantitative estimate of drug-likeness (QED) is 0.800. The average molecular weight is 289 g/mol. The first kappa shape index (κ1) is 15.1. The van der Waals surface area contributed by atoms with Crippen molar-refractivity contribution in [2.75, 3.05) is 17.7 Å². The summed E-state index contributed by atoms with van der Waals surface area (Å²) in [6, 6.07) is 6.82. The molecule has 4 nitrogen and oxygen atoms in total. The summed E-state index contributed by atoms with van der Waals surface area (Å²) in [4.78, 5) is 4.36. The number of nitrogens with two attached hydrogens (primary N) is 1. The van der Waals surface area contributed by atoms with Gasteiger partial charge in [-0.05, 0) is 25.0 Å². The normalized spacial score (nSPS) is 10.4. The second-order valence-corrected chi connectivity index (χ2v) is 4.62. The molecule has 2 aromatic rings. The van der Waals surface area contributed by atoms with E-state index in [4.69, 9.17) is 10.5 Å². The van der Waals surface area contributed by atoms with Gasteiger partial charge in [0.1, 0.15) is 0 Å². The van der Waals surface area contributed by atoms with Gasteiger partial charge in [0, 0.05) is 18.3 Å². The van der Waals surface area contributed by atoms with Gasteiger partial charge < -0.3 is 15.8 Å². The minimum atomic E-state index is -0.452. The first-order valence-corrected chi connectivity index (χ1v) is 7.04. The van der Waals surface area contributed by atoms with Crippen LogP contribution in [0.15, 0.2) is 30.5 Å². The Bertz CT molecular complexity index is 616. The molecular weight excluding hydrogens is 269 g/mol. The Morgan fingerprint density at radius 2 is 2.14 bits per heavy atom. The third-order valence-electron chi connectivity index (χ3n) is 3.22. The predicted octanol–water partition coefficient (Wildman–Crippen LogP) is 3.38. The lowest BCUT2D eigenvalue weighted by Crippen LogP contribution is -2.07. The molecule has 21 heavy (non-hydrogen) atoms. The molecule has 0 aliphatic carbocycles. The summed E-state index contributed by atoms with van der Waals surface area (Å²) in [6.07, 6.45) is 2.67. The molecular formula is C16H20FN3O. The molecule has 2 rings (SSSR count). The van der Waals surface area contributed by atoms with E-state index < -0.39 is 5.82 Å². The average Bonchev–Trinajstić information content (AvgIpc) is 2.49. The summed E-state index contributed by atoms with van der Waals surface area (Å²) in [6.45, 7) is 4.83. The second-order valence-electron chi connectivity index (χ2n) is 4.62. The van der Waals surface area contributed by atoms with Crippen LogP contribution in [0.1, 0.15) is 25.1 Å². The van der Waals surface area contributed by atoms with Gasteiger partial charge >= 0.3 is 0 Å². The number of ether oxygens (including phenoxy) is 1. The fourth-order valence-electron chi connectivity index (χ4n) is 2.12. The summed E-state index contributed by atoms with van der Waals surface area (Å²) in [5.74, 6) is -0.252. The number of aromatic nitrogens is 1. The lowest BCUT2D eigenvalue weighted by molar-refractivity contribution is 0.322. The number of anilines is 2. The number of nitrogen functional groups attached to an aromatic ring is 1. The van der Waals surface area contributed by atoms with Crippen LogP contribution in [0, 0.1) is 5.82 Å². The number of nitrogens with zero attached hydrogens (tertiary/aromatic N) is 1. The summed E-state index contributed by atoms with van der Waals surface area (Å²) in [7, 11) is 0. The molecule has 0 fully saturated rings. The van der Waals surface area contributed by atoms with E-state index in [2.05, 4.69) is 17.2 Å². The number of pyridine rings is 1. The SMILES string of the molecule is CCOc1cc(NCc2ncccc2CC)c(N)cc1F. The largest absolute Gasteiger partial charge is 0.491 e. The van der Waals surface area contributed by atoms with Crippen molar-refractivity contribution in [3.63, 3.8) is 0 Å². The zero-order valence-electron chi connectivity index (χ0n) is 12.3. The van der Waals surface area contributed by atoms with Gasteiger partial charge in [-0.2, -0.15) is 0 Å². The standard InChI is InChI=1S/C16H20FN3O/c1-3-11-6-5-7-19-15(11)10-20-14-9-16(21-4-2)12(17)8-13(14)18/h5-9,20H,3-4,10,18H2,1-2H3. The van der Waals surface area contributed by atoms with Crippen molar-refractivity contribution < 1.29 is 9.13 Å². The van der Waals surface area contributed by atoms with Crippen molar-refractivity contribution >= 4 is 11.4 Å². The van der Waals surface area contributed by atoms with Crippen LogP contribution in [-0.2, 0) is 13.0 Å². The Balaban J connectivity index is 2.17. The highest BCUT2D eigenvalue weighted by atomic mass is 19.1. The van der Waals surface area contributed by atoms with Crippen molar-refractivity contribution in [3.8, 4) is 5.75 Å².